The summed E-state index contributed by atoms with van der Waals surface area (Å²) in [6, 6.07) is 85.8. The predicted octanol–water partition coefficient (Wildman–Crippen LogP) is 16.6. The Kier molecular flexibility index (Phi) is 7.51. The van der Waals surface area contributed by atoms with Crippen LogP contribution in [0.1, 0.15) is 22.3 Å². The van der Waals surface area contributed by atoms with E-state index in [0.717, 1.165) is 11.4 Å². The van der Waals surface area contributed by atoms with Crippen molar-refractivity contribution in [2.75, 3.05) is 4.90 Å². The van der Waals surface area contributed by atoms with Crippen LogP contribution in [0.3, 0.4) is 0 Å². The summed E-state index contributed by atoms with van der Waals surface area (Å²) in [5.41, 5.74) is 19.2. The van der Waals surface area contributed by atoms with Gasteiger partial charge in [-0.2, -0.15) is 0 Å². The Balaban J connectivity index is 1.09. The van der Waals surface area contributed by atoms with E-state index in [1.54, 1.807) is 0 Å². The first-order chi connectivity index (χ1) is 31.8. The summed E-state index contributed by atoms with van der Waals surface area (Å²) in [5, 5.41) is 5.13. The molecular weight excluding hydrogens is 793 g/mol. The lowest BCUT2D eigenvalue weighted by atomic mass is 9.65. The van der Waals surface area contributed by atoms with Crippen LogP contribution in [0.5, 0.6) is 0 Å². The fourth-order valence-corrected chi connectivity index (χ4v) is 12.7. The lowest BCUT2D eigenvalue weighted by Gasteiger charge is -2.39. The maximum Gasteiger partial charge on any atom is 0.0755 e. The Labute approximate surface area is 375 Å². The zero-order valence-corrected chi connectivity index (χ0v) is 35.6. The molecule has 10 aromatic carbocycles. The molecule has 0 saturated heterocycles. The number of nitrogens with zero attached hydrogens (tertiary/aromatic N) is 2. The van der Waals surface area contributed by atoms with Gasteiger partial charge in [0.15, 0.2) is 0 Å². The zero-order chi connectivity index (χ0) is 41.9. The van der Waals surface area contributed by atoms with Crippen LogP contribution in [0.2, 0.25) is 0 Å². The molecule has 2 aromatic heterocycles. The number of anilines is 3. The van der Waals surface area contributed by atoms with Gasteiger partial charge in [0.1, 0.15) is 0 Å². The van der Waals surface area contributed by atoms with Gasteiger partial charge in [-0.25, -0.2) is 0 Å². The Bertz CT molecular complexity index is 3860. The lowest BCUT2D eigenvalue weighted by molar-refractivity contribution is 0.748. The van der Waals surface area contributed by atoms with Gasteiger partial charge in [-0.15, -0.1) is 11.3 Å². The molecule has 1 spiro atoms. The predicted molar refractivity (Wildman–Crippen MR) is 270 cm³/mol. The molecule has 1 atom stereocenters. The number of fused-ring (bicyclic) bond motifs is 15. The van der Waals surface area contributed by atoms with Gasteiger partial charge in [-0.1, -0.05) is 194 Å². The maximum atomic E-state index is 2.58. The van der Waals surface area contributed by atoms with Crippen molar-refractivity contribution >= 4 is 70.4 Å². The number of rotatable bonds is 5. The summed E-state index contributed by atoms with van der Waals surface area (Å²) >= 11 is 1.88. The first-order valence-corrected chi connectivity index (χ1v) is 22.9. The van der Waals surface area contributed by atoms with Crippen molar-refractivity contribution < 1.29 is 0 Å². The summed E-state index contributed by atoms with van der Waals surface area (Å²) < 4.78 is 5.09. The molecule has 12 aromatic rings. The fourth-order valence-electron chi connectivity index (χ4n) is 11.5. The van der Waals surface area contributed by atoms with E-state index in [9.17, 15) is 0 Å². The molecular formula is C61H38N2S. The second-order valence-corrected chi connectivity index (χ2v) is 18.2. The van der Waals surface area contributed by atoms with Gasteiger partial charge < -0.3 is 9.47 Å². The van der Waals surface area contributed by atoms with Crippen molar-refractivity contribution in [2.45, 2.75) is 5.41 Å². The summed E-state index contributed by atoms with van der Waals surface area (Å²) in [5.74, 6) is 0. The van der Waals surface area contributed by atoms with Crippen LogP contribution in [0.15, 0.2) is 231 Å². The average molecular weight is 831 g/mol. The summed E-state index contributed by atoms with van der Waals surface area (Å²) in [7, 11) is 0. The van der Waals surface area contributed by atoms with Crippen LogP contribution in [0.25, 0.3) is 81.0 Å². The van der Waals surface area contributed by atoms with Crippen molar-refractivity contribution in [3.63, 3.8) is 0 Å². The van der Waals surface area contributed by atoms with Crippen LogP contribution in [-0.2, 0) is 5.41 Å². The van der Waals surface area contributed by atoms with Gasteiger partial charge in [0.25, 0.3) is 0 Å². The van der Waals surface area contributed by atoms with Crippen molar-refractivity contribution in [1.29, 1.82) is 0 Å². The van der Waals surface area contributed by atoms with Crippen LogP contribution < -0.4 is 4.90 Å². The minimum Gasteiger partial charge on any atom is -0.309 e. The number of thiophene rings is 1. The number of benzene rings is 10. The quantitative estimate of drug-likeness (QED) is 0.168. The minimum atomic E-state index is -0.565. The monoisotopic (exact) mass is 830 g/mol. The number of hydrogen-bond donors (Lipinski definition) is 0. The van der Waals surface area contributed by atoms with E-state index in [2.05, 4.69) is 240 Å². The fraction of sp³-hybridized carbons (Fsp3) is 0.0164. The van der Waals surface area contributed by atoms with E-state index in [-0.39, 0.29) is 0 Å². The molecule has 1 aliphatic carbocycles. The topological polar surface area (TPSA) is 8.17 Å². The molecule has 3 heteroatoms. The second kappa shape index (κ2) is 13.5. The molecule has 0 N–H and O–H groups in total. The molecule has 298 valence electrons. The highest BCUT2D eigenvalue weighted by Crippen LogP contribution is 2.63. The Morgan fingerprint density at radius 1 is 0.359 bits per heavy atom. The molecule has 1 aliphatic heterocycles. The zero-order valence-electron chi connectivity index (χ0n) is 34.7. The van der Waals surface area contributed by atoms with Crippen molar-refractivity contribution in [3.05, 3.63) is 253 Å². The van der Waals surface area contributed by atoms with E-state index in [0.29, 0.717) is 0 Å². The van der Waals surface area contributed by atoms with Crippen LogP contribution in [-0.4, -0.2) is 4.57 Å². The van der Waals surface area contributed by atoms with Crippen LogP contribution in [0, 0.1) is 0 Å². The minimum absolute atomic E-state index is 0.565. The van der Waals surface area contributed by atoms with E-state index >= 15 is 0 Å². The van der Waals surface area contributed by atoms with Crippen LogP contribution in [0.4, 0.5) is 17.1 Å². The molecule has 3 heterocycles. The molecule has 1 unspecified atom stereocenters. The van der Waals surface area contributed by atoms with Gasteiger partial charge in [0.05, 0.1) is 43.9 Å². The molecule has 14 rings (SSSR count). The largest absolute Gasteiger partial charge is 0.309 e. The Morgan fingerprint density at radius 3 is 1.83 bits per heavy atom. The van der Waals surface area contributed by atoms with E-state index in [4.69, 9.17) is 0 Å². The second-order valence-electron chi connectivity index (χ2n) is 17.1. The number of aromatic nitrogens is 1. The molecule has 0 amide bonds. The first-order valence-electron chi connectivity index (χ1n) is 22.1. The molecule has 64 heavy (non-hydrogen) atoms. The standard InChI is InChI=1S/C61H38N2S/c1-2-17-39(18-3-1)40-35-37-41(38-36-40)42-19-5-10-29-52(42)62(56-33-15-24-46-44-21-7-13-34-57(44)64-60(46)56)55-32-16-27-50-58(55)47-22-4-8-25-48(47)61(50)49-26-9-12-31-54(49)63-53-30-11-6-20-43(53)45-23-14-28-51(61)59(45)63/h1-38H. The molecule has 2 nitrogen and oxygen atoms in total. The smallest absolute Gasteiger partial charge is 0.0755 e. The van der Waals surface area contributed by atoms with Gasteiger partial charge in [0.2, 0.25) is 0 Å². The molecule has 0 fully saturated rings. The SMILES string of the molecule is c1ccc(-c2ccc(-c3ccccc3N(c3cccc4c3-c3ccccc3C43c4ccccc4-n4c5ccccc5c5cccc3c54)c3cccc4c3sc3ccccc34)cc2)cc1. The summed E-state index contributed by atoms with van der Waals surface area (Å²) in [4.78, 5) is 2.58. The highest BCUT2D eigenvalue weighted by molar-refractivity contribution is 7.26. The van der Waals surface area contributed by atoms with Crippen molar-refractivity contribution in [1.82, 2.24) is 4.57 Å². The molecule has 0 radical (unpaired) electrons. The van der Waals surface area contributed by atoms with Gasteiger partial charge >= 0.3 is 0 Å². The summed E-state index contributed by atoms with van der Waals surface area (Å²) in [6.45, 7) is 0. The molecule has 2 aliphatic rings. The molecule has 0 bridgehead atoms. The van der Waals surface area contributed by atoms with Gasteiger partial charge in [-0.3, -0.25) is 0 Å². The number of hydrogen-bond acceptors (Lipinski definition) is 2. The van der Waals surface area contributed by atoms with E-state index in [1.807, 2.05) is 11.3 Å². The first kappa shape index (κ1) is 35.6. The lowest BCUT2D eigenvalue weighted by Crippen LogP contribution is -2.33. The highest BCUT2D eigenvalue weighted by atomic mass is 32.1. The van der Waals surface area contributed by atoms with E-state index in [1.165, 1.54) is 109 Å². The third kappa shape index (κ3) is 4.74. The Hall–Kier alpha value is -7.98. The third-order valence-corrected chi connectivity index (χ3v) is 15.2. The molecule has 0 saturated carbocycles. The summed E-state index contributed by atoms with van der Waals surface area (Å²) in [6.07, 6.45) is 0. The van der Waals surface area contributed by atoms with Crippen molar-refractivity contribution in [2.24, 2.45) is 0 Å². The average Bonchev–Trinajstić information content (AvgIpc) is 4.02. The van der Waals surface area contributed by atoms with Gasteiger partial charge in [0, 0.05) is 37.4 Å². The number of para-hydroxylation sites is 4. The van der Waals surface area contributed by atoms with Crippen molar-refractivity contribution in [3.8, 4) is 39.1 Å². The Morgan fingerprint density at radius 2 is 0.938 bits per heavy atom. The normalized spacial score (nSPS) is 14.6. The van der Waals surface area contributed by atoms with Crippen LogP contribution >= 0.6 is 11.3 Å². The van der Waals surface area contributed by atoms with E-state index < -0.39 is 5.41 Å². The highest BCUT2D eigenvalue weighted by Gasteiger charge is 2.51. The third-order valence-electron chi connectivity index (χ3n) is 14.0. The van der Waals surface area contributed by atoms with Gasteiger partial charge in [-0.05, 0) is 80.9 Å². The maximum absolute atomic E-state index is 2.58.